The van der Waals surface area contributed by atoms with Gasteiger partial charge in [-0.1, -0.05) is 0 Å². The molecule has 0 atom stereocenters. The zero-order chi connectivity index (χ0) is 30.2. The summed E-state index contributed by atoms with van der Waals surface area (Å²) in [5, 5.41) is 0. The molecule has 0 radical (unpaired) electrons. The van der Waals surface area contributed by atoms with Crippen molar-refractivity contribution in [3.05, 3.63) is 63.4 Å². The highest BCUT2D eigenvalue weighted by molar-refractivity contribution is 7.71. The van der Waals surface area contributed by atoms with Crippen molar-refractivity contribution in [2.24, 2.45) is 0 Å². The molecule has 15 heteroatoms. The number of alkyl halides is 6. The number of imidazole rings is 1. The van der Waals surface area contributed by atoms with Crippen LogP contribution in [-0.2, 0) is 23.7 Å². The van der Waals surface area contributed by atoms with Crippen molar-refractivity contribution >= 4 is 35.3 Å². The van der Waals surface area contributed by atoms with E-state index < -0.39 is 41.7 Å². The van der Waals surface area contributed by atoms with E-state index in [4.69, 9.17) is 17.0 Å². The number of piperidine rings is 1. The summed E-state index contributed by atoms with van der Waals surface area (Å²) in [6.45, 7) is 2.08. The zero-order valence-corrected chi connectivity index (χ0v) is 23.0. The molecule has 3 heterocycles. The highest BCUT2D eigenvalue weighted by Crippen LogP contribution is 2.36. The van der Waals surface area contributed by atoms with Gasteiger partial charge in [-0.15, -0.1) is 0 Å². The number of nitrogens with zero attached hydrogens (tertiary/aromatic N) is 3. The van der Waals surface area contributed by atoms with Gasteiger partial charge in [0.25, 0.3) is 5.91 Å². The minimum absolute atomic E-state index is 0.0310. The van der Waals surface area contributed by atoms with Gasteiger partial charge in [0.2, 0.25) is 0 Å². The smallest absolute Gasteiger partial charge is 0.416 e. The van der Waals surface area contributed by atoms with E-state index in [1.54, 1.807) is 12.1 Å². The molecule has 0 bridgehead atoms. The average molecular weight is 616 g/mol. The highest BCUT2D eigenvalue weighted by Gasteiger charge is 2.37. The lowest BCUT2D eigenvalue weighted by atomic mass is 10.0. The molecule has 0 saturated carbocycles. The van der Waals surface area contributed by atoms with Crippen LogP contribution in [0.5, 0.6) is 0 Å². The van der Waals surface area contributed by atoms with Crippen LogP contribution in [0.3, 0.4) is 0 Å². The van der Waals surface area contributed by atoms with Crippen molar-refractivity contribution < 1.29 is 40.7 Å². The maximum absolute atomic E-state index is 13.1. The number of carbonyl (C=O) groups is 2. The monoisotopic (exact) mass is 615 g/mol. The maximum Gasteiger partial charge on any atom is 0.416 e. The molecule has 3 aromatic rings. The number of nitrogens with one attached hydrogen (secondary N) is 2. The van der Waals surface area contributed by atoms with Gasteiger partial charge in [-0.2, -0.15) is 26.3 Å². The predicted molar refractivity (Wildman–Crippen MR) is 142 cm³/mol. The number of piperazine rings is 1. The fourth-order valence-corrected chi connectivity index (χ4v) is 5.61. The Morgan fingerprint density at radius 3 is 2.00 bits per heavy atom. The van der Waals surface area contributed by atoms with E-state index in [1.165, 1.54) is 4.90 Å². The number of carbonyl (C=O) groups excluding carboxylic acids is 2. The van der Waals surface area contributed by atoms with E-state index >= 15 is 0 Å². The Morgan fingerprint density at radius 2 is 1.40 bits per heavy atom. The van der Waals surface area contributed by atoms with Gasteiger partial charge < -0.3 is 24.5 Å². The third-order valence-electron chi connectivity index (χ3n) is 7.61. The molecule has 0 unspecified atom stereocenters. The Hall–Kier alpha value is -3.59. The lowest BCUT2D eigenvalue weighted by Gasteiger charge is -2.42. The zero-order valence-electron chi connectivity index (χ0n) is 22.1. The summed E-state index contributed by atoms with van der Waals surface area (Å²) in [5.74, 6) is -0.0634. The van der Waals surface area contributed by atoms with Crippen LogP contribution in [0.4, 0.5) is 31.1 Å². The first kappa shape index (κ1) is 29.9. The summed E-state index contributed by atoms with van der Waals surface area (Å²) in [4.78, 5) is 37.0. The number of aromatic nitrogens is 2. The van der Waals surface area contributed by atoms with Gasteiger partial charge >= 0.3 is 18.4 Å². The molecule has 226 valence electrons. The molecular weight excluding hydrogens is 588 g/mol. The van der Waals surface area contributed by atoms with Crippen LogP contribution in [0.15, 0.2) is 36.4 Å². The maximum atomic E-state index is 13.1. The third kappa shape index (κ3) is 6.72. The summed E-state index contributed by atoms with van der Waals surface area (Å²) < 4.78 is 84.1. The van der Waals surface area contributed by atoms with E-state index in [0.717, 1.165) is 23.9 Å². The molecule has 2 fully saturated rings. The van der Waals surface area contributed by atoms with Crippen molar-refractivity contribution in [3.63, 3.8) is 0 Å². The minimum Gasteiger partial charge on any atom is -0.445 e. The van der Waals surface area contributed by atoms with Crippen LogP contribution in [0.2, 0.25) is 0 Å². The van der Waals surface area contributed by atoms with Gasteiger partial charge in [0.05, 0.1) is 22.2 Å². The SMILES string of the molecule is O=C(OCc1cc(C(F)(F)F)cc(C(F)(F)F)c1)N1CCN(C2CCN(C(=O)c3ccc4[nH]c(=S)[nH]c4c3)CC2)CC1. The molecule has 2 aliphatic heterocycles. The standard InChI is InChI=1S/C27H27F6N5O3S/c28-26(29,30)18-11-16(12-19(14-18)27(31,32)33)15-41-25(40)38-9-7-36(8-10-38)20-3-5-37(6-4-20)23(39)17-1-2-21-22(13-17)35-24(42)34-21/h1-2,11-14,20H,3-10,15H2,(H2,34,35,42). The number of hydrogen-bond donors (Lipinski definition) is 2. The Balaban J connectivity index is 1.10. The summed E-state index contributed by atoms with van der Waals surface area (Å²) in [5.41, 5.74) is -1.17. The number of halogens is 6. The highest BCUT2D eigenvalue weighted by atomic mass is 32.1. The van der Waals surface area contributed by atoms with Crippen molar-refractivity contribution in [2.75, 3.05) is 39.3 Å². The van der Waals surface area contributed by atoms with E-state index in [1.807, 2.05) is 11.0 Å². The van der Waals surface area contributed by atoms with Gasteiger partial charge in [-0.05, 0) is 67.0 Å². The van der Waals surface area contributed by atoms with Crippen molar-refractivity contribution in [3.8, 4) is 0 Å². The van der Waals surface area contributed by atoms with E-state index in [-0.39, 0.29) is 18.0 Å². The molecule has 0 aliphatic carbocycles. The number of hydrogen-bond acceptors (Lipinski definition) is 5. The third-order valence-corrected chi connectivity index (χ3v) is 7.82. The molecule has 42 heavy (non-hydrogen) atoms. The van der Waals surface area contributed by atoms with Gasteiger partial charge in [-0.3, -0.25) is 9.69 Å². The normalized spacial score (nSPS) is 17.6. The first-order valence-electron chi connectivity index (χ1n) is 13.2. The minimum atomic E-state index is -4.98. The Morgan fingerprint density at radius 1 is 0.810 bits per heavy atom. The van der Waals surface area contributed by atoms with Crippen molar-refractivity contribution in [1.29, 1.82) is 0 Å². The fourth-order valence-electron chi connectivity index (χ4n) is 5.39. The van der Waals surface area contributed by atoms with Crippen LogP contribution in [-0.4, -0.2) is 82.0 Å². The second-order valence-electron chi connectivity index (χ2n) is 10.4. The first-order valence-corrected chi connectivity index (χ1v) is 13.6. The molecule has 2 amide bonds. The number of likely N-dealkylation sites (tertiary alicyclic amines) is 1. The molecule has 0 spiro atoms. The van der Waals surface area contributed by atoms with Gasteiger partial charge in [-0.25, -0.2) is 4.79 Å². The largest absolute Gasteiger partial charge is 0.445 e. The van der Waals surface area contributed by atoms with Crippen LogP contribution in [0, 0.1) is 4.77 Å². The molecule has 2 aliphatic rings. The van der Waals surface area contributed by atoms with E-state index in [0.29, 0.717) is 61.7 Å². The topological polar surface area (TPSA) is 84.7 Å². The fraction of sp³-hybridized carbons (Fsp3) is 0.444. The van der Waals surface area contributed by atoms with Crippen LogP contribution >= 0.6 is 12.2 Å². The molecule has 1 aromatic heterocycles. The van der Waals surface area contributed by atoms with Crippen LogP contribution in [0.25, 0.3) is 11.0 Å². The molecule has 2 saturated heterocycles. The Bertz CT molecular complexity index is 1490. The lowest BCUT2D eigenvalue weighted by molar-refractivity contribution is -0.143. The predicted octanol–water partition coefficient (Wildman–Crippen LogP) is 5.82. The van der Waals surface area contributed by atoms with Crippen molar-refractivity contribution in [2.45, 2.75) is 37.8 Å². The molecular formula is C27H27F6N5O3S. The van der Waals surface area contributed by atoms with Gasteiger partial charge in [0, 0.05) is 50.9 Å². The van der Waals surface area contributed by atoms with Crippen LogP contribution < -0.4 is 0 Å². The number of aromatic amines is 2. The summed E-state index contributed by atoms with van der Waals surface area (Å²) in [7, 11) is 0. The molecule has 2 N–H and O–H groups in total. The second kappa shape index (κ2) is 11.6. The number of H-pyrrole nitrogens is 2. The number of fused-ring (bicyclic) bond motifs is 1. The molecule has 5 rings (SSSR count). The number of benzene rings is 2. The summed E-state index contributed by atoms with van der Waals surface area (Å²) in [6, 6.07) is 6.68. The van der Waals surface area contributed by atoms with E-state index in [9.17, 15) is 35.9 Å². The Kier molecular flexibility index (Phi) is 8.25. The molecule has 8 nitrogen and oxygen atoms in total. The lowest BCUT2D eigenvalue weighted by Crippen LogP contribution is -2.54. The van der Waals surface area contributed by atoms with Gasteiger partial charge in [0.1, 0.15) is 6.61 Å². The first-order chi connectivity index (χ1) is 19.8. The quantitative estimate of drug-likeness (QED) is 0.286. The summed E-state index contributed by atoms with van der Waals surface area (Å²) >= 11 is 5.10. The number of ether oxygens (including phenoxy) is 1. The Labute approximate surface area is 241 Å². The summed E-state index contributed by atoms with van der Waals surface area (Å²) in [6.07, 6.45) is -9.26. The second-order valence-corrected chi connectivity index (χ2v) is 10.8. The van der Waals surface area contributed by atoms with Gasteiger partial charge in [0.15, 0.2) is 4.77 Å². The number of rotatable bonds is 4. The average Bonchev–Trinajstić information content (AvgIpc) is 3.34. The van der Waals surface area contributed by atoms with E-state index in [2.05, 4.69) is 14.9 Å². The van der Waals surface area contributed by atoms with Crippen molar-refractivity contribution in [1.82, 2.24) is 24.7 Å². The number of amides is 2. The molecule has 2 aromatic carbocycles. The van der Waals surface area contributed by atoms with Crippen LogP contribution in [0.1, 0.15) is 39.9 Å².